The van der Waals surface area contributed by atoms with Crippen LogP contribution in [0.2, 0.25) is 5.02 Å². The molecule has 0 aliphatic heterocycles. The number of carbonyl (C=O) groups is 2. The summed E-state index contributed by atoms with van der Waals surface area (Å²) in [6.07, 6.45) is 1.47. The molecule has 104 valence electrons. The molecule has 0 saturated heterocycles. The van der Waals surface area contributed by atoms with Gasteiger partial charge in [-0.15, -0.1) is 0 Å². The zero-order valence-corrected chi connectivity index (χ0v) is 11.5. The molecule has 9 heteroatoms. The van der Waals surface area contributed by atoms with E-state index in [2.05, 4.69) is 15.3 Å². The Bertz CT molecular complexity index is 486. The van der Waals surface area contributed by atoms with Gasteiger partial charge in [-0.3, -0.25) is 4.79 Å². The minimum Gasteiger partial charge on any atom is -0.479 e. The molecule has 3 N–H and O–H groups in total. The lowest BCUT2D eigenvalue weighted by Crippen LogP contribution is -2.30. The number of aromatic nitrogens is 2. The number of halogens is 1. The summed E-state index contributed by atoms with van der Waals surface area (Å²) in [6.45, 7) is 0.00122. The number of carboxylic acids is 1. The van der Waals surface area contributed by atoms with E-state index < -0.39 is 18.0 Å². The SMILES string of the molecule is CSc1ncc(Cl)c(C(=O)NCCC(O)C(=O)O)n1. The molecule has 1 amide bonds. The minimum atomic E-state index is -1.51. The first-order valence-corrected chi connectivity index (χ1v) is 6.81. The summed E-state index contributed by atoms with van der Waals surface area (Å²) in [7, 11) is 0. The summed E-state index contributed by atoms with van der Waals surface area (Å²) in [4.78, 5) is 30.0. The Morgan fingerprint density at radius 2 is 2.26 bits per heavy atom. The standard InChI is InChI=1S/C10H12ClN3O4S/c1-19-10-13-4-5(11)7(14-10)8(16)12-3-2-6(15)9(17)18/h4,6,15H,2-3H2,1H3,(H,12,16)(H,17,18). The van der Waals surface area contributed by atoms with Crippen LogP contribution >= 0.6 is 23.4 Å². The number of aliphatic hydroxyl groups excluding tert-OH is 1. The van der Waals surface area contributed by atoms with Gasteiger partial charge in [-0.1, -0.05) is 23.4 Å². The molecular formula is C10H12ClN3O4S. The van der Waals surface area contributed by atoms with Gasteiger partial charge < -0.3 is 15.5 Å². The number of carbonyl (C=O) groups excluding carboxylic acids is 1. The van der Waals surface area contributed by atoms with Crippen LogP contribution in [0, 0.1) is 0 Å². The number of rotatable bonds is 6. The van der Waals surface area contributed by atoms with Gasteiger partial charge in [-0.2, -0.15) is 0 Å². The molecule has 0 radical (unpaired) electrons. The molecule has 0 aliphatic rings. The fraction of sp³-hybridized carbons (Fsp3) is 0.400. The predicted molar refractivity (Wildman–Crippen MR) is 69.4 cm³/mol. The average molecular weight is 306 g/mol. The topological polar surface area (TPSA) is 112 Å². The number of aliphatic carboxylic acids is 1. The third-order valence-electron chi connectivity index (χ3n) is 2.11. The van der Waals surface area contributed by atoms with Crippen molar-refractivity contribution in [3.05, 3.63) is 16.9 Å². The summed E-state index contributed by atoms with van der Waals surface area (Å²) in [6, 6.07) is 0. The van der Waals surface area contributed by atoms with Gasteiger partial charge in [-0.25, -0.2) is 14.8 Å². The third kappa shape index (κ3) is 4.66. The number of aliphatic hydroxyl groups is 1. The fourth-order valence-corrected chi connectivity index (χ4v) is 1.66. The van der Waals surface area contributed by atoms with Crippen molar-refractivity contribution >= 4 is 35.2 Å². The van der Waals surface area contributed by atoms with Crippen molar-refractivity contribution in [1.29, 1.82) is 0 Å². The number of amides is 1. The zero-order valence-electron chi connectivity index (χ0n) is 9.96. The molecule has 0 aliphatic carbocycles. The average Bonchev–Trinajstić information content (AvgIpc) is 2.38. The fourth-order valence-electron chi connectivity index (χ4n) is 1.14. The van der Waals surface area contributed by atoms with Crippen molar-refractivity contribution in [2.24, 2.45) is 0 Å². The van der Waals surface area contributed by atoms with Gasteiger partial charge in [0.1, 0.15) is 0 Å². The molecule has 0 fully saturated rings. The van der Waals surface area contributed by atoms with Crippen molar-refractivity contribution in [3.63, 3.8) is 0 Å². The summed E-state index contributed by atoms with van der Waals surface area (Å²) in [5.74, 6) is -1.88. The van der Waals surface area contributed by atoms with E-state index in [-0.39, 0.29) is 23.7 Å². The van der Waals surface area contributed by atoms with Gasteiger partial charge in [0.05, 0.1) is 11.2 Å². The van der Waals surface area contributed by atoms with Crippen molar-refractivity contribution in [1.82, 2.24) is 15.3 Å². The summed E-state index contributed by atoms with van der Waals surface area (Å²) in [5.41, 5.74) is 0.0193. The van der Waals surface area contributed by atoms with Crippen LogP contribution in [0.5, 0.6) is 0 Å². The number of nitrogens with zero attached hydrogens (tertiary/aromatic N) is 2. The van der Waals surface area contributed by atoms with Crippen LogP contribution in [0.4, 0.5) is 0 Å². The summed E-state index contributed by atoms with van der Waals surface area (Å²) < 4.78 is 0. The molecule has 7 nitrogen and oxygen atoms in total. The Balaban J connectivity index is 2.61. The van der Waals surface area contributed by atoms with Crippen LogP contribution in [0.3, 0.4) is 0 Å². The molecular weight excluding hydrogens is 294 g/mol. The van der Waals surface area contributed by atoms with Gasteiger partial charge >= 0.3 is 5.97 Å². The Morgan fingerprint density at radius 3 is 2.84 bits per heavy atom. The molecule has 1 rings (SSSR count). The van der Waals surface area contributed by atoms with Gasteiger partial charge in [0.25, 0.3) is 5.91 Å². The Hall–Kier alpha value is -1.38. The highest BCUT2D eigenvalue weighted by molar-refractivity contribution is 7.98. The van der Waals surface area contributed by atoms with Crippen molar-refractivity contribution in [2.45, 2.75) is 17.7 Å². The second kappa shape index (κ2) is 7.27. The monoisotopic (exact) mass is 305 g/mol. The molecule has 1 heterocycles. The van der Waals surface area contributed by atoms with E-state index >= 15 is 0 Å². The second-order valence-corrected chi connectivity index (χ2v) is 4.63. The number of thioether (sulfide) groups is 1. The van der Waals surface area contributed by atoms with E-state index in [1.165, 1.54) is 18.0 Å². The molecule has 0 bridgehead atoms. The first kappa shape index (κ1) is 15.7. The number of nitrogens with one attached hydrogen (secondary N) is 1. The van der Waals surface area contributed by atoms with Crippen LogP contribution in [0.1, 0.15) is 16.9 Å². The zero-order chi connectivity index (χ0) is 14.4. The lowest BCUT2D eigenvalue weighted by Gasteiger charge is -2.08. The van der Waals surface area contributed by atoms with E-state index in [0.717, 1.165) is 0 Å². The maximum absolute atomic E-state index is 11.8. The van der Waals surface area contributed by atoms with Crippen LogP contribution in [0.15, 0.2) is 11.4 Å². The molecule has 1 aromatic heterocycles. The molecule has 1 unspecified atom stereocenters. The Kier molecular flexibility index (Phi) is 6.00. The molecule has 1 aromatic rings. The summed E-state index contributed by atoms with van der Waals surface area (Å²) in [5, 5.41) is 20.4. The van der Waals surface area contributed by atoms with Gasteiger partial charge in [0.15, 0.2) is 17.0 Å². The maximum atomic E-state index is 11.8. The van der Waals surface area contributed by atoms with Crippen molar-refractivity contribution in [2.75, 3.05) is 12.8 Å². The quantitative estimate of drug-likeness (QED) is 0.515. The maximum Gasteiger partial charge on any atom is 0.332 e. The smallest absolute Gasteiger partial charge is 0.332 e. The van der Waals surface area contributed by atoms with Gasteiger partial charge in [-0.05, 0) is 6.26 Å². The highest BCUT2D eigenvalue weighted by atomic mass is 35.5. The van der Waals surface area contributed by atoms with Crippen LogP contribution < -0.4 is 5.32 Å². The second-order valence-electron chi connectivity index (χ2n) is 3.45. The molecule has 0 aromatic carbocycles. The highest BCUT2D eigenvalue weighted by Gasteiger charge is 2.16. The molecule has 19 heavy (non-hydrogen) atoms. The van der Waals surface area contributed by atoms with E-state index in [9.17, 15) is 9.59 Å². The van der Waals surface area contributed by atoms with Crippen LogP contribution in [-0.4, -0.2) is 51.0 Å². The van der Waals surface area contributed by atoms with E-state index in [1.54, 1.807) is 6.26 Å². The van der Waals surface area contributed by atoms with E-state index in [4.69, 9.17) is 21.8 Å². The first-order chi connectivity index (χ1) is 8.95. The number of hydrogen-bond donors (Lipinski definition) is 3. The minimum absolute atomic E-state index is 0.00122. The molecule has 1 atom stereocenters. The lowest BCUT2D eigenvalue weighted by atomic mass is 10.2. The largest absolute Gasteiger partial charge is 0.479 e. The van der Waals surface area contributed by atoms with E-state index in [0.29, 0.717) is 5.16 Å². The number of hydrogen-bond acceptors (Lipinski definition) is 6. The van der Waals surface area contributed by atoms with Crippen LogP contribution in [-0.2, 0) is 4.79 Å². The van der Waals surface area contributed by atoms with Crippen molar-refractivity contribution in [3.8, 4) is 0 Å². The first-order valence-electron chi connectivity index (χ1n) is 5.21. The number of carboxylic acid groups (broad SMARTS) is 1. The van der Waals surface area contributed by atoms with Gasteiger partial charge in [0, 0.05) is 13.0 Å². The van der Waals surface area contributed by atoms with Crippen molar-refractivity contribution < 1.29 is 19.8 Å². The third-order valence-corrected chi connectivity index (χ3v) is 2.95. The van der Waals surface area contributed by atoms with E-state index in [1.807, 2.05) is 0 Å². The van der Waals surface area contributed by atoms with Gasteiger partial charge in [0.2, 0.25) is 0 Å². The highest BCUT2D eigenvalue weighted by Crippen LogP contribution is 2.16. The normalized spacial score (nSPS) is 11.9. The molecule has 0 saturated carbocycles. The Morgan fingerprint density at radius 1 is 1.58 bits per heavy atom. The molecule has 0 spiro atoms. The van der Waals surface area contributed by atoms with Crippen LogP contribution in [0.25, 0.3) is 0 Å². The lowest BCUT2D eigenvalue weighted by molar-refractivity contribution is -0.146. The Labute approximate surface area is 118 Å². The summed E-state index contributed by atoms with van der Waals surface area (Å²) >= 11 is 7.06. The predicted octanol–water partition coefficient (Wildman–Crippen LogP) is 0.417.